The monoisotopic (exact) mass is 287 g/mol. The first kappa shape index (κ1) is 15.5. The molecule has 0 bridgehead atoms. The Labute approximate surface area is 126 Å². The van der Waals surface area contributed by atoms with Crippen molar-refractivity contribution < 1.29 is 4.79 Å². The van der Waals surface area contributed by atoms with Crippen LogP contribution in [-0.4, -0.2) is 22.0 Å². The minimum Gasteiger partial charge on any atom is -0.356 e. The van der Waals surface area contributed by atoms with Gasteiger partial charge in [0.15, 0.2) is 0 Å². The maximum atomic E-state index is 11.3. The maximum Gasteiger partial charge on any atom is 0.219 e. The topological polar surface area (TPSA) is 46.9 Å². The molecule has 1 heterocycles. The zero-order valence-electron chi connectivity index (χ0n) is 13.2. The number of fused-ring (bicyclic) bond motifs is 1. The van der Waals surface area contributed by atoms with Crippen molar-refractivity contribution in [3.8, 4) is 0 Å². The van der Waals surface area contributed by atoms with Gasteiger partial charge in [-0.25, -0.2) is 4.98 Å². The van der Waals surface area contributed by atoms with Gasteiger partial charge >= 0.3 is 0 Å². The lowest BCUT2D eigenvalue weighted by Gasteiger charge is -2.11. The molecule has 4 heteroatoms. The van der Waals surface area contributed by atoms with Crippen LogP contribution >= 0.6 is 0 Å². The van der Waals surface area contributed by atoms with Crippen LogP contribution in [0.3, 0.4) is 0 Å². The number of imidazole rings is 1. The van der Waals surface area contributed by atoms with Crippen molar-refractivity contribution >= 4 is 16.9 Å². The van der Waals surface area contributed by atoms with Crippen LogP contribution in [0.15, 0.2) is 24.3 Å². The number of hydrogen-bond acceptors (Lipinski definition) is 2. The van der Waals surface area contributed by atoms with E-state index < -0.39 is 0 Å². The molecule has 2 aromatic rings. The number of hydrogen-bond donors (Lipinski definition) is 1. The van der Waals surface area contributed by atoms with Crippen LogP contribution in [0.2, 0.25) is 0 Å². The van der Waals surface area contributed by atoms with Crippen molar-refractivity contribution in [3.05, 3.63) is 30.1 Å². The summed E-state index contributed by atoms with van der Waals surface area (Å²) >= 11 is 0. The van der Waals surface area contributed by atoms with Crippen LogP contribution in [-0.2, 0) is 17.8 Å². The summed E-state index contributed by atoms with van der Waals surface area (Å²) in [6, 6.07) is 8.25. The van der Waals surface area contributed by atoms with E-state index in [4.69, 9.17) is 4.98 Å². The summed E-state index contributed by atoms with van der Waals surface area (Å²) in [6.45, 7) is 7.97. The van der Waals surface area contributed by atoms with Gasteiger partial charge in [0, 0.05) is 25.9 Å². The number of aromatic nitrogens is 2. The quantitative estimate of drug-likeness (QED) is 0.850. The van der Waals surface area contributed by atoms with Gasteiger partial charge in [-0.05, 0) is 24.5 Å². The van der Waals surface area contributed by atoms with Crippen LogP contribution in [0.25, 0.3) is 11.0 Å². The van der Waals surface area contributed by atoms with Crippen molar-refractivity contribution in [3.63, 3.8) is 0 Å². The van der Waals surface area contributed by atoms with Gasteiger partial charge in [-0.3, -0.25) is 4.79 Å². The predicted molar refractivity (Wildman–Crippen MR) is 86.2 cm³/mol. The Morgan fingerprint density at radius 3 is 2.81 bits per heavy atom. The average molecular weight is 287 g/mol. The van der Waals surface area contributed by atoms with E-state index in [1.54, 1.807) is 0 Å². The molecule has 0 fully saturated rings. The van der Waals surface area contributed by atoms with Gasteiger partial charge in [-0.1, -0.05) is 32.9 Å². The van der Waals surface area contributed by atoms with Gasteiger partial charge in [0.2, 0.25) is 5.91 Å². The van der Waals surface area contributed by atoms with Gasteiger partial charge in [-0.2, -0.15) is 0 Å². The van der Waals surface area contributed by atoms with Gasteiger partial charge in [0.1, 0.15) is 5.82 Å². The normalized spacial score (nSPS) is 11.2. The molecule has 2 rings (SSSR count). The first-order valence-corrected chi connectivity index (χ1v) is 7.82. The van der Waals surface area contributed by atoms with E-state index in [0.717, 1.165) is 30.7 Å². The molecule has 1 aromatic carbocycles. The lowest BCUT2D eigenvalue weighted by Crippen LogP contribution is -2.25. The molecule has 0 radical (unpaired) electrons. The third-order valence-electron chi connectivity index (χ3n) is 3.66. The lowest BCUT2D eigenvalue weighted by molar-refractivity contribution is -0.120. The zero-order valence-corrected chi connectivity index (χ0v) is 13.2. The van der Waals surface area contributed by atoms with Gasteiger partial charge < -0.3 is 9.88 Å². The Hall–Kier alpha value is -1.84. The number of aryl methyl sites for hydroxylation is 1. The smallest absolute Gasteiger partial charge is 0.219 e. The molecule has 0 saturated carbocycles. The van der Waals surface area contributed by atoms with E-state index in [-0.39, 0.29) is 5.91 Å². The lowest BCUT2D eigenvalue weighted by atomic mass is 10.1. The minimum absolute atomic E-state index is 0.0971. The second kappa shape index (κ2) is 7.25. The number of carbonyl (C=O) groups is 1. The van der Waals surface area contributed by atoms with Crippen molar-refractivity contribution in [2.75, 3.05) is 6.54 Å². The summed E-state index contributed by atoms with van der Waals surface area (Å²) < 4.78 is 2.30. The highest BCUT2D eigenvalue weighted by Gasteiger charge is 2.10. The fourth-order valence-corrected chi connectivity index (χ4v) is 2.39. The standard InChI is InChI=1S/C17H25N3O/c1-4-17(21)18-11-9-16-19-14-7-5-6-8-15(14)20(16)12-10-13(2)3/h5-8,13H,4,9-12H2,1-3H3,(H,18,21). The highest BCUT2D eigenvalue weighted by Crippen LogP contribution is 2.18. The van der Waals surface area contributed by atoms with Crippen LogP contribution < -0.4 is 5.32 Å². The van der Waals surface area contributed by atoms with Gasteiger partial charge in [-0.15, -0.1) is 0 Å². The summed E-state index contributed by atoms with van der Waals surface area (Å²) in [5.74, 6) is 1.83. The Morgan fingerprint density at radius 1 is 1.33 bits per heavy atom. The molecule has 0 unspecified atom stereocenters. The van der Waals surface area contributed by atoms with Crippen LogP contribution in [0, 0.1) is 5.92 Å². The molecule has 0 saturated heterocycles. The first-order valence-electron chi connectivity index (χ1n) is 7.82. The summed E-state index contributed by atoms with van der Waals surface area (Å²) in [4.78, 5) is 16.1. The number of para-hydroxylation sites is 2. The van der Waals surface area contributed by atoms with Crippen molar-refractivity contribution in [2.24, 2.45) is 5.92 Å². The number of carbonyl (C=O) groups excluding carboxylic acids is 1. The first-order chi connectivity index (χ1) is 10.1. The molecule has 0 aliphatic carbocycles. The maximum absolute atomic E-state index is 11.3. The van der Waals surface area contributed by atoms with Crippen LogP contribution in [0.1, 0.15) is 39.4 Å². The molecule has 21 heavy (non-hydrogen) atoms. The molecular formula is C17H25N3O. The SMILES string of the molecule is CCC(=O)NCCc1nc2ccccc2n1CCC(C)C. The molecule has 0 atom stereocenters. The molecule has 1 N–H and O–H groups in total. The number of benzene rings is 1. The molecule has 0 aliphatic rings. The van der Waals surface area contributed by atoms with Gasteiger partial charge in [0.25, 0.3) is 0 Å². The van der Waals surface area contributed by atoms with Crippen molar-refractivity contribution in [2.45, 2.75) is 46.6 Å². The van der Waals surface area contributed by atoms with Crippen molar-refractivity contribution in [1.82, 2.24) is 14.9 Å². The third-order valence-corrected chi connectivity index (χ3v) is 3.66. The van der Waals surface area contributed by atoms with E-state index in [2.05, 4.69) is 41.9 Å². The third kappa shape index (κ3) is 4.06. The van der Waals surface area contributed by atoms with Gasteiger partial charge in [0.05, 0.1) is 11.0 Å². The van der Waals surface area contributed by atoms with Crippen molar-refractivity contribution in [1.29, 1.82) is 0 Å². The molecular weight excluding hydrogens is 262 g/mol. The second-order valence-corrected chi connectivity index (χ2v) is 5.80. The average Bonchev–Trinajstić information content (AvgIpc) is 2.82. The fraction of sp³-hybridized carbons (Fsp3) is 0.529. The Kier molecular flexibility index (Phi) is 5.37. The second-order valence-electron chi connectivity index (χ2n) is 5.80. The summed E-state index contributed by atoms with van der Waals surface area (Å²) in [5.41, 5.74) is 2.23. The number of amides is 1. The highest BCUT2D eigenvalue weighted by atomic mass is 16.1. The summed E-state index contributed by atoms with van der Waals surface area (Å²) in [7, 11) is 0. The largest absolute Gasteiger partial charge is 0.356 e. The van der Waals surface area contributed by atoms with E-state index in [1.807, 2.05) is 13.0 Å². The van der Waals surface area contributed by atoms with E-state index in [0.29, 0.717) is 18.9 Å². The number of nitrogens with zero attached hydrogens (tertiary/aromatic N) is 2. The van der Waals surface area contributed by atoms with E-state index in [1.165, 1.54) is 5.52 Å². The Balaban J connectivity index is 2.16. The molecule has 1 amide bonds. The Morgan fingerprint density at radius 2 is 2.10 bits per heavy atom. The van der Waals surface area contributed by atoms with Crippen LogP contribution in [0.5, 0.6) is 0 Å². The highest BCUT2D eigenvalue weighted by molar-refractivity contribution is 5.76. The summed E-state index contributed by atoms with van der Waals surface area (Å²) in [5, 5.41) is 2.92. The number of nitrogens with one attached hydrogen (secondary N) is 1. The van der Waals surface area contributed by atoms with Crippen LogP contribution in [0.4, 0.5) is 0 Å². The molecule has 114 valence electrons. The molecule has 1 aromatic heterocycles. The molecule has 0 aliphatic heterocycles. The molecule has 4 nitrogen and oxygen atoms in total. The number of rotatable bonds is 7. The zero-order chi connectivity index (χ0) is 15.2. The summed E-state index contributed by atoms with van der Waals surface area (Å²) in [6.07, 6.45) is 2.44. The molecule has 0 spiro atoms. The predicted octanol–water partition coefficient (Wildman–Crippen LogP) is 3.15. The minimum atomic E-state index is 0.0971. The van der Waals surface area contributed by atoms with E-state index >= 15 is 0 Å². The van der Waals surface area contributed by atoms with E-state index in [9.17, 15) is 4.79 Å². The fourth-order valence-electron chi connectivity index (χ4n) is 2.39. The Bertz CT molecular complexity index is 601.